The highest BCUT2D eigenvalue weighted by Crippen LogP contribution is 2.35. The maximum atomic E-state index is 12.4. The molecule has 1 rings (SSSR count). The number of hydrogen-bond donors (Lipinski definition) is 0. The van der Waals surface area contributed by atoms with Crippen LogP contribution in [0.1, 0.15) is 66.2 Å². The first-order chi connectivity index (χ1) is 14.6. The van der Waals surface area contributed by atoms with Crippen LogP contribution in [0.5, 0.6) is 0 Å². The van der Waals surface area contributed by atoms with Gasteiger partial charge < -0.3 is 13.6 Å². The molecule has 1 saturated heterocycles. The maximum Gasteiger partial charge on any atom is 0.184 e. The zero-order valence-corrected chi connectivity index (χ0v) is 24.6. The van der Waals surface area contributed by atoms with Gasteiger partial charge in [0.25, 0.3) is 0 Å². The Morgan fingerprint density at radius 1 is 1.19 bits per heavy atom. The lowest BCUT2D eigenvalue weighted by Crippen LogP contribution is -2.47. The van der Waals surface area contributed by atoms with E-state index in [9.17, 15) is 4.79 Å². The van der Waals surface area contributed by atoms with E-state index >= 15 is 0 Å². The third-order valence-electron chi connectivity index (χ3n) is 5.95. The summed E-state index contributed by atoms with van der Waals surface area (Å²) in [6.45, 7) is 23.1. The van der Waals surface area contributed by atoms with Gasteiger partial charge in [-0.1, -0.05) is 24.6 Å². The fourth-order valence-electron chi connectivity index (χ4n) is 3.88. The van der Waals surface area contributed by atoms with Gasteiger partial charge in [0.15, 0.2) is 16.6 Å². The van der Waals surface area contributed by atoms with E-state index in [2.05, 4.69) is 59.2 Å². The molecular formula is C26H50O4Si2. The van der Waals surface area contributed by atoms with Gasteiger partial charge in [-0.05, 0) is 97.7 Å². The molecule has 0 aromatic carbocycles. The van der Waals surface area contributed by atoms with Crippen molar-refractivity contribution in [2.45, 2.75) is 117 Å². The van der Waals surface area contributed by atoms with Crippen LogP contribution in [0.3, 0.4) is 0 Å². The predicted molar refractivity (Wildman–Crippen MR) is 141 cm³/mol. The summed E-state index contributed by atoms with van der Waals surface area (Å²) in [7, 11) is -3.22. The highest BCUT2D eigenvalue weighted by atomic mass is 28.4. The number of carbonyl (C=O) groups is 1. The van der Waals surface area contributed by atoms with Crippen molar-refractivity contribution in [3.63, 3.8) is 0 Å². The van der Waals surface area contributed by atoms with Crippen LogP contribution in [0, 0.1) is 5.92 Å². The van der Waals surface area contributed by atoms with Crippen molar-refractivity contribution in [3.8, 4) is 0 Å². The zero-order valence-electron chi connectivity index (χ0n) is 22.6. The van der Waals surface area contributed by atoms with E-state index in [4.69, 9.17) is 13.6 Å². The highest BCUT2D eigenvalue weighted by molar-refractivity contribution is 6.70. The first-order valence-corrected chi connectivity index (χ1v) is 19.2. The van der Waals surface area contributed by atoms with Crippen LogP contribution in [0.4, 0.5) is 0 Å². The topological polar surface area (TPSA) is 44.8 Å². The quantitative estimate of drug-likeness (QED) is 0.216. The average Bonchev–Trinajstić information content (AvgIpc) is 2.78. The van der Waals surface area contributed by atoms with Crippen LogP contribution in [-0.2, 0) is 18.4 Å². The SMILES string of the molecule is CC(C)=CCC(=O)C(C)CCCC1(C)OCC(=CCO[Si](C)(C)C)CC[C@H]1O[Si](C)(C)C. The van der Waals surface area contributed by atoms with E-state index in [-0.39, 0.29) is 17.6 Å². The van der Waals surface area contributed by atoms with Gasteiger partial charge in [-0.25, -0.2) is 0 Å². The molecule has 1 fully saturated rings. The van der Waals surface area contributed by atoms with E-state index < -0.39 is 16.6 Å². The molecule has 0 amide bonds. The molecule has 0 saturated carbocycles. The van der Waals surface area contributed by atoms with Gasteiger partial charge >= 0.3 is 0 Å². The first kappa shape index (κ1) is 29.5. The lowest BCUT2D eigenvalue weighted by atomic mass is 9.87. The molecule has 186 valence electrons. The van der Waals surface area contributed by atoms with Crippen LogP contribution in [0.2, 0.25) is 39.3 Å². The summed E-state index contributed by atoms with van der Waals surface area (Å²) in [5, 5.41) is 0. The van der Waals surface area contributed by atoms with Crippen molar-refractivity contribution in [2.75, 3.05) is 13.2 Å². The molecule has 0 bridgehead atoms. The maximum absolute atomic E-state index is 12.4. The molecule has 0 N–H and O–H groups in total. The van der Waals surface area contributed by atoms with Gasteiger partial charge in [0.2, 0.25) is 0 Å². The summed E-state index contributed by atoms with van der Waals surface area (Å²) < 4.78 is 19.2. The lowest BCUT2D eigenvalue weighted by molar-refractivity contribution is -0.122. The summed E-state index contributed by atoms with van der Waals surface area (Å²) in [6, 6.07) is 0. The van der Waals surface area contributed by atoms with E-state index in [0.717, 1.165) is 32.1 Å². The Kier molecular flexibility index (Phi) is 11.8. The Balaban J connectivity index is 2.79. The second-order valence-corrected chi connectivity index (χ2v) is 20.9. The fourth-order valence-corrected chi connectivity index (χ4v) is 5.69. The molecule has 1 heterocycles. The largest absolute Gasteiger partial charge is 0.414 e. The molecule has 0 spiro atoms. The predicted octanol–water partition coefficient (Wildman–Crippen LogP) is 7.29. The minimum absolute atomic E-state index is 0.0884. The fraction of sp³-hybridized carbons (Fsp3) is 0.808. The molecule has 1 aliphatic heterocycles. The molecule has 2 unspecified atom stereocenters. The van der Waals surface area contributed by atoms with Gasteiger partial charge in [-0.3, -0.25) is 4.79 Å². The summed E-state index contributed by atoms with van der Waals surface area (Å²) in [5.74, 6) is 0.422. The Hall–Kier alpha value is -0.536. The van der Waals surface area contributed by atoms with E-state index in [0.29, 0.717) is 25.4 Å². The molecule has 32 heavy (non-hydrogen) atoms. The molecule has 1 aliphatic rings. The number of allylic oxidation sites excluding steroid dienone is 2. The summed E-state index contributed by atoms with van der Waals surface area (Å²) in [6.07, 6.45) is 9.67. The van der Waals surface area contributed by atoms with Crippen LogP contribution in [0.25, 0.3) is 0 Å². The number of rotatable bonds is 12. The minimum Gasteiger partial charge on any atom is -0.414 e. The molecule has 0 aliphatic carbocycles. The van der Waals surface area contributed by atoms with E-state index in [1.165, 1.54) is 11.1 Å². The summed E-state index contributed by atoms with van der Waals surface area (Å²) in [4.78, 5) is 12.4. The third kappa shape index (κ3) is 12.1. The molecule has 0 aromatic heterocycles. The number of carbonyl (C=O) groups excluding carboxylic acids is 1. The van der Waals surface area contributed by atoms with Gasteiger partial charge in [0, 0.05) is 12.3 Å². The van der Waals surface area contributed by atoms with Crippen LogP contribution >= 0.6 is 0 Å². The Bertz CT molecular complexity index is 654. The molecule has 4 nitrogen and oxygen atoms in total. The van der Waals surface area contributed by atoms with E-state index in [1.54, 1.807) is 0 Å². The highest BCUT2D eigenvalue weighted by Gasteiger charge is 2.40. The average molecular weight is 483 g/mol. The molecular weight excluding hydrogens is 432 g/mol. The first-order valence-electron chi connectivity index (χ1n) is 12.4. The standard InChI is InChI=1S/C26H50O4Si2/c1-21(2)13-15-24(27)22(3)12-11-18-26(4)25(30-32(8,9)10)16-14-23(20-28-26)17-19-29-31(5,6)7/h13,17,22,25H,11-12,14-16,18-20H2,1-10H3/t22?,25-,26?/m1/s1. The Labute approximate surface area is 200 Å². The van der Waals surface area contributed by atoms with Gasteiger partial charge in [-0.2, -0.15) is 0 Å². The van der Waals surface area contributed by atoms with Crippen molar-refractivity contribution in [3.05, 3.63) is 23.3 Å². The second-order valence-electron chi connectivity index (χ2n) is 11.9. The van der Waals surface area contributed by atoms with Crippen LogP contribution in [0.15, 0.2) is 23.3 Å². The van der Waals surface area contributed by atoms with Crippen molar-refractivity contribution in [1.29, 1.82) is 0 Å². The van der Waals surface area contributed by atoms with Gasteiger partial charge in [0.1, 0.15) is 5.78 Å². The van der Waals surface area contributed by atoms with Gasteiger partial charge in [0.05, 0.1) is 24.9 Å². The number of ether oxygens (including phenoxy) is 1. The second kappa shape index (κ2) is 12.8. The molecule has 3 atom stereocenters. The molecule has 0 radical (unpaired) electrons. The van der Waals surface area contributed by atoms with Crippen molar-refractivity contribution >= 4 is 22.4 Å². The summed E-state index contributed by atoms with van der Waals surface area (Å²) >= 11 is 0. The summed E-state index contributed by atoms with van der Waals surface area (Å²) in [5.41, 5.74) is 2.20. The number of ketones is 1. The minimum atomic E-state index is -1.71. The third-order valence-corrected chi connectivity index (χ3v) is 7.98. The van der Waals surface area contributed by atoms with E-state index in [1.807, 2.05) is 19.9 Å². The van der Waals surface area contributed by atoms with Crippen LogP contribution < -0.4 is 0 Å². The molecule has 0 aromatic rings. The zero-order chi connectivity index (χ0) is 24.6. The normalized spacial score (nSPS) is 24.8. The van der Waals surface area contributed by atoms with Crippen molar-refractivity contribution in [1.82, 2.24) is 0 Å². The van der Waals surface area contributed by atoms with Gasteiger partial charge in [-0.15, -0.1) is 0 Å². The van der Waals surface area contributed by atoms with Crippen molar-refractivity contribution in [2.24, 2.45) is 5.92 Å². The van der Waals surface area contributed by atoms with Crippen molar-refractivity contribution < 1.29 is 18.4 Å². The monoisotopic (exact) mass is 482 g/mol. The number of Topliss-reactive ketones (excluding diaryl/α,β-unsaturated/α-hetero) is 1. The smallest absolute Gasteiger partial charge is 0.184 e. The Morgan fingerprint density at radius 3 is 2.41 bits per heavy atom. The Morgan fingerprint density at radius 2 is 1.84 bits per heavy atom. The number of hydrogen-bond acceptors (Lipinski definition) is 4. The molecule has 6 heteroatoms. The van der Waals surface area contributed by atoms with Crippen LogP contribution in [-0.4, -0.2) is 47.3 Å². The lowest BCUT2D eigenvalue weighted by Gasteiger charge is -2.39.